The van der Waals surface area contributed by atoms with Crippen molar-refractivity contribution in [1.29, 1.82) is 0 Å². The van der Waals surface area contributed by atoms with Crippen molar-refractivity contribution in [2.45, 2.75) is 0 Å². The predicted molar refractivity (Wildman–Crippen MR) is 78.8 cm³/mol. The first-order valence-electron chi connectivity index (χ1n) is 6.37. The van der Waals surface area contributed by atoms with Crippen LogP contribution in [0, 0.1) is 0 Å². The van der Waals surface area contributed by atoms with Gasteiger partial charge in [0.25, 0.3) is 5.56 Å². The minimum absolute atomic E-state index is 0.0763. The van der Waals surface area contributed by atoms with Gasteiger partial charge in [-0.25, -0.2) is 4.52 Å². The summed E-state index contributed by atoms with van der Waals surface area (Å²) in [5.41, 5.74) is 3.31. The summed E-state index contributed by atoms with van der Waals surface area (Å²) in [7, 11) is 0. The third-order valence-electron chi connectivity index (χ3n) is 3.46. The lowest BCUT2D eigenvalue weighted by Gasteiger charge is -2.04. The molecule has 1 aromatic carbocycles. The smallest absolute Gasteiger partial charge is 0.256 e. The third-order valence-corrected chi connectivity index (χ3v) is 3.46. The van der Waals surface area contributed by atoms with E-state index in [0.717, 1.165) is 22.0 Å². The molecule has 1 N–H and O–H groups in total. The van der Waals surface area contributed by atoms with Crippen molar-refractivity contribution < 1.29 is 0 Å². The fraction of sp³-hybridized carbons (Fsp3) is 0. The zero-order chi connectivity index (χ0) is 13.5. The van der Waals surface area contributed by atoms with Gasteiger partial charge in [0.05, 0.1) is 5.52 Å². The van der Waals surface area contributed by atoms with Gasteiger partial charge in [-0.1, -0.05) is 18.2 Å². The van der Waals surface area contributed by atoms with E-state index in [0.29, 0.717) is 5.56 Å². The van der Waals surface area contributed by atoms with Gasteiger partial charge in [-0.15, -0.1) is 0 Å². The number of benzene rings is 1. The number of hydrogen-bond donors (Lipinski definition) is 1. The second-order valence-electron chi connectivity index (χ2n) is 4.72. The summed E-state index contributed by atoms with van der Waals surface area (Å²) in [4.78, 5) is 15.2. The van der Waals surface area contributed by atoms with Crippen molar-refractivity contribution in [3.05, 3.63) is 71.3 Å². The van der Waals surface area contributed by atoms with E-state index in [2.05, 4.69) is 10.1 Å². The van der Waals surface area contributed by atoms with E-state index in [-0.39, 0.29) is 5.56 Å². The van der Waals surface area contributed by atoms with E-state index in [1.54, 1.807) is 10.7 Å². The second kappa shape index (κ2) is 4.06. The molecule has 4 aromatic rings. The van der Waals surface area contributed by atoms with Gasteiger partial charge in [-0.2, -0.15) is 5.10 Å². The van der Waals surface area contributed by atoms with E-state index in [4.69, 9.17) is 0 Å². The van der Waals surface area contributed by atoms with E-state index < -0.39 is 0 Å². The minimum atomic E-state index is -0.0763. The molecule has 0 radical (unpaired) electrons. The summed E-state index contributed by atoms with van der Waals surface area (Å²) < 4.78 is 1.78. The van der Waals surface area contributed by atoms with Crippen molar-refractivity contribution in [3.8, 4) is 11.1 Å². The number of nitrogens with one attached hydrogen (secondary N) is 1. The first kappa shape index (κ1) is 11.0. The van der Waals surface area contributed by atoms with Crippen LogP contribution >= 0.6 is 0 Å². The van der Waals surface area contributed by atoms with E-state index in [1.807, 2.05) is 54.7 Å². The van der Waals surface area contributed by atoms with Gasteiger partial charge in [0.15, 0.2) is 0 Å². The fourth-order valence-corrected chi connectivity index (χ4v) is 2.45. The Morgan fingerprint density at radius 3 is 2.90 bits per heavy atom. The molecule has 96 valence electrons. The van der Waals surface area contributed by atoms with Crippen LogP contribution < -0.4 is 5.56 Å². The van der Waals surface area contributed by atoms with Crippen molar-refractivity contribution in [3.63, 3.8) is 0 Å². The van der Waals surface area contributed by atoms with Crippen LogP contribution in [0.4, 0.5) is 0 Å². The summed E-state index contributed by atoms with van der Waals surface area (Å²) in [6.07, 6.45) is 3.60. The third kappa shape index (κ3) is 1.62. The molecule has 3 heterocycles. The molecule has 4 nitrogen and oxygen atoms in total. The molecule has 0 aliphatic rings. The van der Waals surface area contributed by atoms with E-state index >= 15 is 0 Å². The molecule has 0 saturated heterocycles. The fourth-order valence-electron chi connectivity index (χ4n) is 2.45. The Balaban J connectivity index is 2.00. The second-order valence-corrected chi connectivity index (χ2v) is 4.72. The van der Waals surface area contributed by atoms with Gasteiger partial charge in [0.1, 0.15) is 0 Å². The summed E-state index contributed by atoms with van der Waals surface area (Å²) >= 11 is 0. The van der Waals surface area contributed by atoms with Gasteiger partial charge in [-0.3, -0.25) is 4.79 Å². The maximum absolute atomic E-state index is 12.2. The largest absolute Gasteiger partial charge is 0.321 e. The van der Waals surface area contributed by atoms with Crippen molar-refractivity contribution in [1.82, 2.24) is 14.6 Å². The summed E-state index contributed by atoms with van der Waals surface area (Å²) in [5, 5.41) is 5.18. The highest BCUT2D eigenvalue weighted by atomic mass is 16.1. The summed E-state index contributed by atoms with van der Waals surface area (Å²) in [5.74, 6) is 0. The zero-order valence-corrected chi connectivity index (χ0v) is 10.6. The molecular weight excluding hydrogens is 250 g/mol. The molecule has 0 spiro atoms. The highest BCUT2D eigenvalue weighted by molar-refractivity contribution is 5.83. The van der Waals surface area contributed by atoms with Crippen molar-refractivity contribution >= 4 is 16.4 Å². The molecule has 0 bridgehead atoms. The van der Waals surface area contributed by atoms with Crippen LogP contribution in [0.5, 0.6) is 0 Å². The lowest BCUT2D eigenvalue weighted by molar-refractivity contribution is 0.962. The first-order valence-corrected chi connectivity index (χ1v) is 6.37. The molecule has 0 saturated carbocycles. The Morgan fingerprint density at radius 1 is 1.05 bits per heavy atom. The summed E-state index contributed by atoms with van der Waals surface area (Å²) in [6, 6.07) is 15.5. The minimum Gasteiger partial charge on any atom is -0.321 e. The molecule has 0 aliphatic heterocycles. The van der Waals surface area contributed by atoms with Crippen LogP contribution in [0.15, 0.2) is 65.7 Å². The quantitative estimate of drug-likeness (QED) is 0.573. The monoisotopic (exact) mass is 261 g/mol. The zero-order valence-electron chi connectivity index (χ0n) is 10.6. The number of rotatable bonds is 1. The average molecular weight is 261 g/mol. The molecule has 0 aliphatic carbocycles. The SMILES string of the molecule is O=c1[nH]c2ccccc2cc1-c1ccn2nccc2c1. The average Bonchev–Trinajstić information content (AvgIpc) is 2.94. The van der Waals surface area contributed by atoms with E-state index in [1.165, 1.54) is 0 Å². The van der Waals surface area contributed by atoms with Gasteiger partial charge >= 0.3 is 0 Å². The Morgan fingerprint density at radius 2 is 1.95 bits per heavy atom. The highest BCUT2D eigenvalue weighted by Crippen LogP contribution is 2.20. The number of fused-ring (bicyclic) bond motifs is 2. The molecule has 0 unspecified atom stereocenters. The Labute approximate surface area is 114 Å². The Hall–Kier alpha value is -2.88. The molecule has 0 amide bonds. The van der Waals surface area contributed by atoms with Gasteiger partial charge < -0.3 is 4.98 Å². The number of aromatic amines is 1. The maximum Gasteiger partial charge on any atom is 0.256 e. The van der Waals surface area contributed by atoms with Crippen LogP contribution in [0.2, 0.25) is 0 Å². The van der Waals surface area contributed by atoms with Crippen LogP contribution in [0.3, 0.4) is 0 Å². The molecular formula is C16H11N3O. The molecule has 4 rings (SSSR count). The molecule has 20 heavy (non-hydrogen) atoms. The van der Waals surface area contributed by atoms with Crippen LogP contribution in [0.1, 0.15) is 0 Å². The maximum atomic E-state index is 12.2. The predicted octanol–water partition coefficient (Wildman–Crippen LogP) is 2.84. The normalized spacial score (nSPS) is 11.2. The molecule has 4 heteroatoms. The number of nitrogens with zero attached hydrogens (tertiary/aromatic N) is 2. The van der Waals surface area contributed by atoms with Crippen molar-refractivity contribution in [2.75, 3.05) is 0 Å². The van der Waals surface area contributed by atoms with Gasteiger partial charge in [-0.05, 0) is 41.3 Å². The first-order chi connectivity index (χ1) is 9.81. The number of H-pyrrole nitrogens is 1. The molecule has 3 aromatic heterocycles. The Kier molecular flexibility index (Phi) is 2.23. The van der Waals surface area contributed by atoms with Crippen LogP contribution in [-0.2, 0) is 0 Å². The number of para-hydroxylation sites is 1. The molecule has 0 fully saturated rings. The number of hydrogen-bond acceptors (Lipinski definition) is 2. The van der Waals surface area contributed by atoms with Crippen LogP contribution in [-0.4, -0.2) is 14.6 Å². The van der Waals surface area contributed by atoms with Crippen molar-refractivity contribution in [2.24, 2.45) is 0 Å². The standard InChI is InChI=1S/C16H11N3O/c20-16-14(10-12-3-1-2-4-15(12)18-16)11-6-8-19-13(9-11)5-7-17-19/h1-10H,(H,18,20). The number of pyridine rings is 2. The van der Waals surface area contributed by atoms with E-state index in [9.17, 15) is 4.79 Å². The highest BCUT2D eigenvalue weighted by Gasteiger charge is 2.06. The number of aromatic nitrogens is 3. The summed E-state index contributed by atoms with van der Waals surface area (Å²) in [6.45, 7) is 0. The van der Waals surface area contributed by atoms with Gasteiger partial charge in [0, 0.05) is 23.5 Å². The Bertz CT molecular complexity index is 982. The lowest BCUT2D eigenvalue weighted by atomic mass is 10.1. The molecule has 0 atom stereocenters. The lowest BCUT2D eigenvalue weighted by Crippen LogP contribution is -2.08. The van der Waals surface area contributed by atoms with Crippen LogP contribution in [0.25, 0.3) is 27.5 Å². The van der Waals surface area contributed by atoms with Gasteiger partial charge in [0.2, 0.25) is 0 Å². The topological polar surface area (TPSA) is 50.2 Å².